The average molecular weight is 426 g/mol. The summed E-state index contributed by atoms with van der Waals surface area (Å²) in [6, 6.07) is 23.3. The Kier molecular flexibility index (Phi) is 5.41. The maximum atomic E-state index is 12.0. The maximum Gasteiger partial charge on any atom is 0.180 e. The highest BCUT2D eigenvalue weighted by molar-refractivity contribution is 5.85. The Balaban J connectivity index is 1.43. The number of hydrogen-bond donors (Lipinski definition) is 1. The molecule has 3 heterocycles. The van der Waals surface area contributed by atoms with Gasteiger partial charge < -0.3 is 14.4 Å². The van der Waals surface area contributed by atoms with E-state index in [4.69, 9.17) is 0 Å². The van der Waals surface area contributed by atoms with Gasteiger partial charge in [-0.15, -0.1) is 0 Å². The van der Waals surface area contributed by atoms with Crippen molar-refractivity contribution in [2.75, 3.05) is 31.1 Å². The molecule has 5 nitrogen and oxygen atoms in total. The molecule has 32 heavy (non-hydrogen) atoms. The molecule has 4 aromatic rings. The van der Waals surface area contributed by atoms with Crippen molar-refractivity contribution in [1.29, 1.82) is 0 Å². The summed E-state index contributed by atoms with van der Waals surface area (Å²) < 4.78 is 2.11. The zero-order valence-corrected chi connectivity index (χ0v) is 18.2. The number of fused-ring (bicyclic) bond motifs is 1. The smallest absolute Gasteiger partial charge is 0.180 e. The standard InChI is InChI=1S/C27H27N3O2/c1-20-2-4-21(5-3-20)19-28-14-16-29(17-15-28)27-18-25(22-6-8-23(31)9-7-22)26-11-10-24(32)12-13-30(26)27/h2-13,18,31H,14-17,19H2,1H3. The summed E-state index contributed by atoms with van der Waals surface area (Å²) in [5.41, 5.74) is 5.68. The van der Waals surface area contributed by atoms with Gasteiger partial charge in [0.05, 0.1) is 5.52 Å². The lowest BCUT2D eigenvalue weighted by Gasteiger charge is -2.35. The van der Waals surface area contributed by atoms with E-state index in [9.17, 15) is 9.90 Å². The molecule has 0 saturated carbocycles. The number of phenolic OH excluding ortho intramolecular Hbond substituents is 1. The molecule has 1 N–H and O–H groups in total. The van der Waals surface area contributed by atoms with Gasteiger partial charge >= 0.3 is 0 Å². The highest BCUT2D eigenvalue weighted by Crippen LogP contribution is 2.33. The van der Waals surface area contributed by atoms with E-state index in [1.54, 1.807) is 24.3 Å². The summed E-state index contributed by atoms with van der Waals surface area (Å²) in [5.74, 6) is 1.34. The summed E-state index contributed by atoms with van der Waals surface area (Å²) >= 11 is 0. The van der Waals surface area contributed by atoms with Gasteiger partial charge in [0.15, 0.2) is 5.43 Å². The van der Waals surface area contributed by atoms with Crippen LogP contribution in [0.2, 0.25) is 0 Å². The van der Waals surface area contributed by atoms with Gasteiger partial charge in [-0.2, -0.15) is 0 Å². The van der Waals surface area contributed by atoms with E-state index in [0.29, 0.717) is 0 Å². The van der Waals surface area contributed by atoms with Crippen molar-refractivity contribution in [2.24, 2.45) is 0 Å². The van der Waals surface area contributed by atoms with E-state index >= 15 is 0 Å². The monoisotopic (exact) mass is 425 g/mol. The van der Waals surface area contributed by atoms with E-state index in [0.717, 1.165) is 55.2 Å². The first kappa shape index (κ1) is 20.3. The quantitative estimate of drug-likeness (QED) is 0.530. The van der Waals surface area contributed by atoms with Gasteiger partial charge in [0, 0.05) is 50.6 Å². The van der Waals surface area contributed by atoms with E-state index in [1.165, 1.54) is 11.1 Å². The number of nitrogens with zero attached hydrogens (tertiary/aromatic N) is 3. The third kappa shape index (κ3) is 4.12. The topological polar surface area (TPSA) is 48.2 Å². The predicted molar refractivity (Wildman–Crippen MR) is 129 cm³/mol. The molecule has 0 spiro atoms. The molecular weight excluding hydrogens is 398 g/mol. The second kappa shape index (κ2) is 8.52. The Hall–Kier alpha value is -3.57. The molecule has 0 bridgehead atoms. The van der Waals surface area contributed by atoms with Crippen molar-refractivity contribution < 1.29 is 5.11 Å². The Morgan fingerprint density at radius 3 is 2.28 bits per heavy atom. The SMILES string of the molecule is Cc1ccc(CN2CCN(c3cc(-c4ccc(O)cc4)c4ccc(=O)ccn34)CC2)cc1. The summed E-state index contributed by atoms with van der Waals surface area (Å²) in [7, 11) is 0. The first-order valence-electron chi connectivity index (χ1n) is 11.0. The second-order valence-corrected chi connectivity index (χ2v) is 8.52. The molecule has 0 radical (unpaired) electrons. The first-order chi connectivity index (χ1) is 15.6. The van der Waals surface area contributed by atoms with Gasteiger partial charge in [0.25, 0.3) is 0 Å². The molecule has 0 atom stereocenters. The van der Waals surface area contributed by atoms with Gasteiger partial charge in [-0.25, -0.2) is 0 Å². The third-order valence-electron chi connectivity index (χ3n) is 6.25. The minimum Gasteiger partial charge on any atom is -0.508 e. The van der Waals surface area contributed by atoms with Crippen LogP contribution in [0.25, 0.3) is 16.6 Å². The Bertz CT molecular complexity index is 1290. The third-order valence-corrected chi connectivity index (χ3v) is 6.25. The minimum atomic E-state index is -0.0146. The molecule has 1 saturated heterocycles. The van der Waals surface area contributed by atoms with Crippen molar-refractivity contribution >= 4 is 11.3 Å². The fourth-order valence-corrected chi connectivity index (χ4v) is 4.42. The van der Waals surface area contributed by atoms with Crippen LogP contribution in [0.4, 0.5) is 5.82 Å². The normalized spacial score (nSPS) is 14.7. The van der Waals surface area contributed by atoms with Crippen LogP contribution < -0.4 is 10.3 Å². The number of piperazine rings is 1. The summed E-state index contributed by atoms with van der Waals surface area (Å²) in [5, 5.41) is 9.69. The number of phenols is 1. The number of hydrogen-bond acceptors (Lipinski definition) is 4. The van der Waals surface area contributed by atoms with E-state index in [-0.39, 0.29) is 11.2 Å². The summed E-state index contributed by atoms with van der Waals surface area (Å²) in [6.07, 6.45) is 1.87. The van der Waals surface area contributed by atoms with Crippen LogP contribution in [0.5, 0.6) is 5.75 Å². The highest BCUT2D eigenvalue weighted by atomic mass is 16.3. The lowest BCUT2D eigenvalue weighted by atomic mass is 10.1. The van der Waals surface area contributed by atoms with Gasteiger partial charge in [-0.05, 0) is 48.4 Å². The zero-order chi connectivity index (χ0) is 22.1. The highest BCUT2D eigenvalue weighted by Gasteiger charge is 2.21. The molecule has 0 aliphatic carbocycles. The molecule has 0 amide bonds. The van der Waals surface area contributed by atoms with Crippen molar-refractivity contribution in [3.63, 3.8) is 0 Å². The molecule has 2 aromatic carbocycles. The van der Waals surface area contributed by atoms with Crippen molar-refractivity contribution in [2.45, 2.75) is 13.5 Å². The van der Waals surface area contributed by atoms with E-state index in [2.05, 4.69) is 51.5 Å². The van der Waals surface area contributed by atoms with Gasteiger partial charge in [0.1, 0.15) is 11.6 Å². The van der Waals surface area contributed by atoms with E-state index in [1.807, 2.05) is 24.4 Å². The Morgan fingerprint density at radius 2 is 1.56 bits per heavy atom. The minimum absolute atomic E-state index is 0.0146. The molecule has 5 rings (SSSR count). The number of rotatable bonds is 4. The largest absolute Gasteiger partial charge is 0.508 e. The van der Waals surface area contributed by atoms with Crippen LogP contribution in [0.1, 0.15) is 11.1 Å². The number of aromatic hydroxyl groups is 1. The van der Waals surface area contributed by atoms with Crippen LogP contribution >= 0.6 is 0 Å². The van der Waals surface area contributed by atoms with Crippen molar-refractivity contribution in [3.8, 4) is 16.9 Å². The molecule has 5 heteroatoms. The first-order valence-corrected chi connectivity index (χ1v) is 11.0. The van der Waals surface area contributed by atoms with E-state index < -0.39 is 0 Å². The number of benzene rings is 2. The molecule has 1 fully saturated rings. The molecule has 1 aliphatic rings. The zero-order valence-electron chi connectivity index (χ0n) is 18.2. The lowest BCUT2D eigenvalue weighted by Crippen LogP contribution is -2.46. The second-order valence-electron chi connectivity index (χ2n) is 8.52. The van der Waals surface area contributed by atoms with Crippen LogP contribution in [0, 0.1) is 6.92 Å². The van der Waals surface area contributed by atoms with Crippen molar-refractivity contribution in [1.82, 2.24) is 9.30 Å². The maximum absolute atomic E-state index is 12.0. The summed E-state index contributed by atoms with van der Waals surface area (Å²) in [4.78, 5) is 16.9. The summed E-state index contributed by atoms with van der Waals surface area (Å²) in [6.45, 7) is 6.91. The molecule has 2 aromatic heterocycles. The molecule has 0 unspecified atom stereocenters. The predicted octanol–water partition coefficient (Wildman–Crippen LogP) is 4.30. The van der Waals surface area contributed by atoms with Gasteiger partial charge in [-0.3, -0.25) is 9.69 Å². The van der Waals surface area contributed by atoms with Crippen LogP contribution in [0.15, 0.2) is 83.8 Å². The Labute approximate surface area is 187 Å². The van der Waals surface area contributed by atoms with Gasteiger partial charge in [0.2, 0.25) is 0 Å². The number of aromatic nitrogens is 1. The fourth-order valence-electron chi connectivity index (χ4n) is 4.42. The lowest BCUT2D eigenvalue weighted by molar-refractivity contribution is 0.249. The Morgan fingerprint density at radius 1 is 0.844 bits per heavy atom. The van der Waals surface area contributed by atoms with Gasteiger partial charge in [-0.1, -0.05) is 42.0 Å². The molecular formula is C27H27N3O2. The van der Waals surface area contributed by atoms with Crippen LogP contribution in [-0.4, -0.2) is 40.6 Å². The van der Waals surface area contributed by atoms with Crippen LogP contribution in [-0.2, 0) is 6.54 Å². The van der Waals surface area contributed by atoms with Crippen molar-refractivity contribution in [3.05, 3.63) is 100 Å². The fraction of sp³-hybridized carbons (Fsp3) is 0.222. The average Bonchev–Trinajstić information content (AvgIpc) is 3.06. The molecule has 1 aliphatic heterocycles. The number of aryl methyl sites for hydroxylation is 1. The number of anilines is 1. The molecule has 162 valence electrons. The van der Waals surface area contributed by atoms with Crippen LogP contribution in [0.3, 0.4) is 0 Å².